The smallest absolute Gasteiger partial charge is 0.140 e. The number of nitrogens with two attached hydrogens (primary N) is 1. The van der Waals surface area contributed by atoms with E-state index >= 15 is 0 Å². The first-order valence-corrected chi connectivity index (χ1v) is 6.69. The van der Waals surface area contributed by atoms with E-state index < -0.39 is 0 Å². The van der Waals surface area contributed by atoms with Crippen LogP contribution in [0.3, 0.4) is 0 Å². The Bertz CT molecular complexity index is 679. The van der Waals surface area contributed by atoms with Crippen LogP contribution >= 0.6 is 11.3 Å². The van der Waals surface area contributed by atoms with Crippen molar-refractivity contribution in [3.8, 4) is 21.8 Å². The predicted octanol–water partition coefficient (Wildman–Crippen LogP) is 3.16. The van der Waals surface area contributed by atoms with Crippen molar-refractivity contribution in [1.82, 2.24) is 9.97 Å². The number of aromatic nitrogens is 2. The van der Waals surface area contributed by atoms with E-state index in [1.807, 2.05) is 30.3 Å². The summed E-state index contributed by atoms with van der Waals surface area (Å²) >= 11 is 1.61. The lowest BCUT2D eigenvalue weighted by Crippen LogP contribution is -2.08. The van der Waals surface area contributed by atoms with Gasteiger partial charge in [0.1, 0.15) is 10.8 Å². The van der Waals surface area contributed by atoms with Crippen molar-refractivity contribution in [3.05, 3.63) is 54.0 Å². The zero-order chi connectivity index (χ0) is 13.1. The summed E-state index contributed by atoms with van der Waals surface area (Å²) in [6.45, 7) is 0. The van der Waals surface area contributed by atoms with Gasteiger partial charge in [0.05, 0.1) is 5.69 Å². The van der Waals surface area contributed by atoms with E-state index in [1.165, 1.54) is 0 Å². The monoisotopic (exact) mass is 268 g/mol. The molecule has 3 aromatic rings. The number of rotatable bonds is 3. The third-order valence-electron chi connectivity index (χ3n) is 2.73. The van der Waals surface area contributed by atoms with Gasteiger partial charge in [0, 0.05) is 22.7 Å². The summed E-state index contributed by atoms with van der Waals surface area (Å²) in [6, 6.07) is 13.9. The average Bonchev–Trinajstić information content (AvgIpc) is 2.98. The van der Waals surface area contributed by atoms with Gasteiger partial charge in [-0.05, 0) is 12.1 Å². The summed E-state index contributed by atoms with van der Waals surface area (Å²) in [5.74, 6) is 6.00. The molecular formula is C14H12N4S. The second-order valence-corrected chi connectivity index (χ2v) is 4.84. The van der Waals surface area contributed by atoms with Crippen LogP contribution in [0, 0.1) is 0 Å². The molecule has 4 nitrogen and oxygen atoms in total. The van der Waals surface area contributed by atoms with Crippen molar-refractivity contribution in [1.29, 1.82) is 0 Å². The molecule has 3 rings (SSSR count). The lowest BCUT2D eigenvalue weighted by molar-refractivity contribution is 1.23. The molecule has 3 N–H and O–H groups in total. The van der Waals surface area contributed by atoms with Crippen molar-refractivity contribution < 1.29 is 0 Å². The zero-order valence-corrected chi connectivity index (χ0v) is 10.9. The second kappa shape index (κ2) is 5.17. The first kappa shape index (κ1) is 11.8. The summed E-state index contributed by atoms with van der Waals surface area (Å²) in [5, 5.41) is 3.01. The molecule has 1 aromatic carbocycles. The van der Waals surface area contributed by atoms with Crippen molar-refractivity contribution in [2.45, 2.75) is 0 Å². The molecule has 19 heavy (non-hydrogen) atoms. The van der Waals surface area contributed by atoms with Crippen LogP contribution in [0.2, 0.25) is 0 Å². The Morgan fingerprint density at radius 2 is 1.89 bits per heavy atom. The molecule has 0 unspecified atom stereocenters. The highest BCUT2D eigenvalue weighted by Gasteiger charge is 2.07. The number of hydrogen-bond donors (Lipinski definition) is 2. The molecule has 0 saturated heterocycles. The maximum Gasteiger partial charge on any atom is 0.140 e. The molecule has 0 atom stereocenters. The van der Waals surface area contributed by atoms with Crippen molar-refractivity contribution in [3.63, 3.8) is 0 Å². The van der Waals surface area contributed by atoms with Crippen LogP contribution in [0.4, 0.5) is 5.82 Å². The Morgan fingerprint density at radius 1 is 1.05 bits per heavy atom. The highest BCUT2D eigenvalue weighted by molar-refractivity contribution is 7.13. The average molecular weight is 268 g/mol. The maximum absolute atomic E-state index is 5.36. The summed E-state index contributed by atoms with van der Waals surface area (Å²) < 4.78 is 0. The lowest BCUT2D eigenvalue weighted by atomic mass is 10.2. The molecule has 0 amide bonds. The third kappa shape index (κ3) is 2.47. The number of nitrogens with zero attached hydrogens (tertiary/aromatic N) is 2. The number of thiazole rings is 1. The summed E-state index contributed by atoms with van der Waals surface area (Å²) in [6.07, 6.45) is 1.72. The minimum Gasteiger partial charge on any atom is -0.308 e. The molecule has 0 aliphatic heterocycles. The minimum atomic E-state index is 0.633. The highest BCUT2D eigenvalue weighted by Crippen LogP contribution is 2.29. The van der Waals surface area contributed by atoms with Crippen LogP contribution in [0.15, 0.2) is 54.0 Å². The van der Waals surface area contributed by atoms with Crippen molar-refractivity contribution >= 4 is 17.2 Å². The van der Waals surface area contributed by atoms with Gasteiger partial charge in [-0.3, -0.25) is 0 Å². The topological polar surface area (TPSA) is 63.8 Å². The standard InChI is InChI=1S/C14H12N4S/c15-18-13-8-11(6-7-16-13)14-17-12(9-19-14)10-4-2-1-3-5-10/h1-9H,15H2,(H,16,18). The zero-order valence-electron chi connectivity index (χ0n) is 10.1. The maximum atomic E-state index is 5.36. The highest BCUT2D eigenvalue weighted by atomic mass is 32.1. The number of nitrogens with one attached hydrogen (secondary N) is 1. The summed E-state index contributed by atoms with van der Waals surface area (Å²) in [5.41, 5.74) is 5.66. The molecule has 2 heterocycles. The normalized spacial score (nSPS) is 10.4. The van der Waals surface area contributed by atoms with E-state index in [0.29, 0.717) is 5.82 Å². The van der Waals surface area contributed by atoms with Crippen LogP contribution < -0.4 is 11.3 Å². The van der Waals surface area contributed by atoms with Gasteiger partial charge in [-0.1, -0.05) is 30.3 Å². The number of anilines is 1. The van der Waals surface area contributed by atoms with Gasteiger partial charge in [0.15, 0.2) is 0 Å². The summed E-state index contributed by atoms with van der Waals surface area (Å²) in [4.78, 5) is 8.74. The molecule has 2 aromatic heterocycles. The molecule has 94 valence electrons. The Kier molecular flexibility index (Phi) is 3.22. The van der Waals surface area contributed by atoms with Gasteiger partial charge in [-0.2, -0.15) is 0 Å². The van der Waals surface area contributed by atoms with Crippen LogP contribution in [0.1, 0.15) is 0 Å². The van der Waals surface area contributed by atoms with E-state index in [2.05, 4.69) is 32.9 Å². The van der Waals surface area contributed by atoms with Gasteiger partial charge in [-0.15, -0.1) is 11.3 Å². The summed E-state index contributed by atoms with van der Waals surface area (Å²) in [7, 11) is 0. The van der Waals surface area contributed by atoms with Gasteiger partial charge in [0.25, 0.3) is 0 Å². The minimum absolute atomic E-state index is 0.633. The lowest BCUT2D eigenvalue weighted by Gasteiger charge is -2.00. The Balaban J connectivity index is 1.97. The molecule has 0 spiro atoms. The Morgan fingerprint density at radius 3 is 2.68 bits per heavy atom. The van der Waals surface area contributed by atoms with Gasteiger partial charge in [0.2, 0.25) is 0 Å². The number of benzene rings is 1. The number of nitrogen functional groups attached to an aromatic ring is 1. The number of hydrogen-bond acceptors (Lipinski definition) is 5. The fourth-order valence-corrected chi connectivity index (χ4v) is 2.62. The van der Waals surface area contributed by atoms with Crippen LogP contribution in [-0.2, 0) is 0 Å². The number of pyridine rings is 1. The van der Waals surface area contributed by atoms with E-state index in [0.717, 1.165) is 21.8 Å². The van der Waals surface area contributed by atoms with E-state index in [9.17, 15) is 0 Å². The molecule has 0 fully saturated rings. The van der Waals surface area contributed by atoms with E-state index in [1.54, 1.807) is 17.5 Å². The fraction of sp³-hybridized carbons (Fsp3) is 0. The Labute approximate surface area is 114 Å². The second-order valence-electron chi connectivity index (χ2n) is 3.98. The molecule has 0 bridgehead atoms. The molecule has 0 aliphatic carbocycles. The third-order valence-corrected chi connectivity index (χ3v) is 3.62. The van der Waals surface area contributed by atoms with Gasteiger partial charge in [-0.25, -0.2) is 15.8 Å². The quantitative estimate of drug-likeness (QED) is 0.565. The number of hydrazine groups is 1. The van der Waals surface area contributed by atoms with E-state index in [4.69, 9.17) is 5.84 Å². The SMILES string of the molecule is NNc1cc(-c2nc(-c3ccccc3)cs2)ccn1. The van der Waals surface area contributed by atoms with Crippen molar-refractivity contribution in [2.24, 2.45) is 5.84 Å². The fourth-order valence-electron chi connectivity index (χ4n) is 1.79. The molecule has 0 saturated carbocycles. The molecular weight excluding hydrogens is 256 g/mol. The molecule has 5 heteroatoms. The van der Waals surface area contributed by atoms with Crippen LogP contribution in [0.25, 0.3) is 21.8 Å². The van der Waals surface area contributed by atoms with E-state index in [-0.39, 0.29) is 0 Å². The van der Waals surface area contributed by atoms with Crippen molar-refractivity contribution in [2.75, 3.05) is 5.43 Å². The Hall–Kier alpha value is -2.24. The molecule has 0 aliphatic rings. The van der Waals surface area contributed by atoms with Gasteiger partial charge >= 0.3 is 0 Å². The molecule has 0 radical (unpaired) electrons. The van der Waals surface area contributed by atoms with Crippen LogP contribution in [-0.4, -0.2) is 9.97 Å². The largest absolute Gasteiger partial charge is 0.308 e. The first-order valence-electron chi connectivity index (χ1n) is 5.81. The first-order chi connectivity index (χ1) is 9.36. The van der Waals surface area contributed by atoms with Crippen LogP contribution in [0.5, 0.6) is 0 Å². The predicted molar refractivity (Wildman–Crippen MR) is 78.6 cm³/mol. The van der Waals surface area contributed by atoms with Gasteiger partial charge < -0.3 is 5.43 Å².